The smallest absolute Gasteiger partial charge is 0.272 e. The fraction of sp³-hybridized carbons (Fsp3) is 0. The van der Waals surface area contributed by atoms with Gasteiger partial charge in [-0.05, 0) is 54.2 Å². The van der Waals surface area contributed by atoms with Crippen LogP contribution in [-0.2, 0) is 0 Å². The van der Waals surface area contributed by atoms with E-state index in [2.05, 4.69) is 20.7 Å². The lowest BCUT2D eigenvalue weighted by Crippen LogP contribution is -2.17. The van der Waals surface area contributed by atoms with Crippen LogP contribution >= 0.6 is 35.0 Å². The SMILES string of the molecule is O=C(N/N=C\c1ccc(Sc2nnc(-c3ccccc3)n2-c2ccccc2)o1)c1ccc(Cl)cc1Cl. The Morgan fingerprint density at radius 2 is 1.69 bits per heavy atom. The average Bonchev–Trinajstić information content (AvgIpc) is 3.52. The van der Waals surface area contributed by atoms with Crippen molar-refractivity contribution in [3.8, 4) is 17.1 Å². The molecule has 0 aliphatic heterocycles. The van der Waals surface area contributed by atoms with Gasteiger partial charge in [0.05, 0.1) is 16.8 Å². The number of halogens is 2. The molecule has 0 atom stereocenters. The zero-order valence-corrected chi connectivity index (χ0v) is 20.8. The van der Waals surface area contributed by atoms with E-state index in [0.717, 1.165) is 17.1 Å². The predicted octanol–water partition coefficient (Wildman–Crippen LogP) is 6.75. The van der Waals surface area contributed by atoms with Crippen LogP contribution in [0.4, 0.5) is 0 Å². The molecule has 0 aliphatic carbocycles. The third-order valence-corrected chi connectivity index (χ3v) is 6.42. The molecule has 1 N–H and O–H groups in total. The summed E-state index contributed by atoms with van der Waals surface area (Å²) in [6.07, 6.45) is 1.41. The van der Waals surface area contributed by atoms with E-state index in [0.29, 0.717) is 21.0 Å². The Morgan fingerprint density at radius 3 is 2.44 bits per heavy atom. The minimum Gasteiger partial charge on any atom is -0.448 e. The van der Waals surface area contributed by atoms with Gasteiger partial charge in [-0.15, -0.1) is 10.2 Å². The molecule has 0 fully saturated rings. The van der Waals surface area contributed by atoms with Crippen molar-refractivity contribution in [1.82, 2.24) is 20.2 Å². The van der Waals surface area contributed by atoms with Gasteiger partial charge in [-0.25, -0.2) is 5.43 Å². The van der Waals surface area contributed by atoms with Crippen LogP contribution in [-0.4, -0.2) is 26.9 Å². The Hall–Kier alpha value is -3.85. The number of nitrogens with zero attached hydrogens (tertiary/aromatic N) is 4. The van der Waals surface area contributed by atoms with Gasteiger partial charge in [0.15, 0.2) is 10.9 Å². The molecule has 0 spiro atoms. The second kappa shape index (κ2) is 10.8. The van der Waals surface area contributed by atoms with Gasteiger partial charge in [0.25, 0.3) is 5.91 Å². The van der Waals surface area contributed by atoms with E-state index in [1.165, 1.54) is 30.1 Å². The molecular weight excluding hydrogens is 517 g/mol. The number of carbonyl (C=O) groups is 1. The number of aromatic nitrogens is 3. The van der Waals surface area contributed by atoms with Crippen LogP contribution in [0.25, 0.3) is 17.1 Å². The van der Waals surface area contributed by atoms with Crippen LogP contribution in [0.15, 0.2) is 111 Å². The highest BCUT2D eigenvalue weighted by molar-refractivity contribution is 7.99. The average molecular weight is 534 g/mol. The summed E-state index contributed by atoms with van der Waals surface area (Å²) in [5, 5.41) is 14.7. The summed E-state index contributed by atoms with van der Waals surface area (Å²) in [6, 6.07) is 27.9. The lowest BCUT2D eigenvalue weighted by molar-refractivity contribution is 0.0955. The maximum Gasteiger partial charge on any atom is 0.272 e. The summed E-state index contributed by atoms with van der Waals surface area (Å²) in [7, 11) is 0. The van der Waals surface area contributed by atoms with Gasteiger partial charge in [0.1, 0.15) is 5.76 Å². The summed E-state index contributed by atoms with van der Waals surface area (Å²) >= 11 is 13.3. The van der Waals surface area contributed by atoms with E-state index in [9.17, 15) is 4.79 Å². The molecule has 2 heterocycles. The fourth-order valence-electron chi connectivity index (χ4n) is 3.36. The predicted molar refractivity (Wildman–Crippen MR) is 141 cm³/mol. The molecule has 1 amide bonds. The Bertz CT molecular complexity index is 1530. The number of nitrogens with one attached hydrogen (secondary N) is 1. The van der Waals surface area contributed by atoms with E-state index < -0.39 is 5.91 Å². The molecular formula is C26H17Cl2N5O2S. The van der Waals surface area contributed by atoms with Crippen molar-refractivity contribution in [2.75, 3.05) is 0 Å². The zero-order chi connectivity index (χ0) is 24.9. The van der Waals surface area contributed by atoms with Crippen LogP contribution in [0.2, 0.25) is 10.0 Å². The monoisotopic (exact) mass is 533 g/mol. The van der Waals surface area contributed by atoms with E-state index in [1.807, 2.05) is 65.2 Å². The Kier molecular flexibility index (Phi) is 7.18. The third kappa shape index (κ3) is 5.36. The first-order chi connectivity index (χ1) is 17.6. The van der Waals surface area contributed by atoms with Crippen LogP contribution in [0, 0.1) is 0 Å². The molecule has 178 valence electrons. The number of furan rings is 1. The van der Waals surface area contributed by atoms with Gasteiger partial charge in [-0.2, -0.15) is 5.10 Å². The van der Waals surface area contributed by atoms with E-state index in [-0.39, 0.29) is 10.6 Å². The normalized spacial score (nSPS) is 11.2. The van der Waals surface area contributed by atoms with Crippen molar-refractivity contribution in [2.45, 2.75) is 10.2 Å². The number of rotatable bonds is 7. The second-order valence-corrected chi connectivity index (χ2v) is 9.24. The van der Waals surface area contributed by atoms with E-state index in [4.69, 9.17) is 27.6 Å². The largest absolute Gasteiger partial charge is 0.448 e. The summed E-state index contributed by atoms with van der Waals surface area (Å²) in [6.45, 7) is 0. The highest BCUT2D eigenvalue weighted by Gasteiger charge is 2.18. The van der Waals surface area contributed by atoms with Crippen molar-refractivity contribution < 1.29 is 9.21 Å². The molecule has 36 heavy (non-hydrogen) atoms. The summed E-state index contributed by atoms with van der Waals surface area (Å²) in [4.78, 5) is 12.3. The highest BCUT2D eigenvalue weighted by atomic mass is 35.5. The number of hydrogen-bond donors (Lipinski definition) is 1. The zero-order valence-electron chi connectivity index (χ0n) is 18.5. The maximum absolute atomic E-state index is 12.3. The number of benzene rings is 3. The molecule has 0 unspecified atom stereocenters. The fourth-order valence-corrected chi connectivity index (χ4v) is 4.67. The molecule has 0 radical (unpaired) electrons. The highest BCUT2D eigenvalue weighted by Crippen LogP contribution is 2.33. The molecule has 0 bridgehead atoms. The maximum atomic E-state index is 12.3. The molecule has 0 aliphatic rings. The van der Waals surface area contributed by atoms with Gasteiger partial charge in [-0.3, -0.25) is 9.36 Å². The van der Waals surface area contributed by atoms with Crippen LogP contribution in [0.5, 0.6) is 0 Å². The van der Waals surface area contributed by atoms with Gasteiger partial charge in [-0.1, -0.05) is 71.7 Å². The van der Waals surface area contributed by atoms with Crippen molar-refractivity contribution in [2.24, 2.45) is 5.10 Å². The van der Waals surface area contributed by atoms with Crippen molar-refractivity contribution >= 4 is 47.1 Å². The second-order valence-electron chi connectivity index (χ2n) is 7.43. The molecule has 3 aromatic carbocycles. The van der Waals surface area contributed by atoms with Crippen molar-refractivity contribution in [1.29, 1.82) is 0 Å². The molecule has 0 saturated carbocycles. The lowest BCUT2D eigenvalue weighted by atomic mass is 10.2. The summed E-state index contributed by atoms with van der Waals surface area (Å²) in [5.74, 6) is 0.716. The topological polar surface area (TPSA) is 85.3 Å². The van der Waals surface area contributed by atoms with Crippen molar-refractivity contribution in [3.05, 3.63) is 112 Å². The van der Waals surface area contributed by atoms with Crippen LogP contribution in [0.3, 0.4) is 0 Å². The molecule has 7 nitrogen and oxygen atoms in total. The van der Waals surface area contributed by atoms with E-state index in [1.54, 1.807) is 18.2 Å². The molecule has 10 heteroatoms. The van der Waals surface area contributed by atoms with Crippen LogP contribution < -0.4 is 5.43 Å². The van der Waals surface area contributed by atoms with Crippen molar-refractivity contribution in [3.63, 3.8) is 0 Å². The molecule has 5 aromatic rings. The quantitative estimate of drug-likeness (QED) is 0.184. The standard InChI is InChI=1S/C26H17Cl2N5O2S/c27-18-11-13-21(22(28)15-18)25(34)31-29-16-20-12-14-23(35-20)36-26-32-30-24(17-7-3-1-4-8-17)33(26)19-9-5-2-6-10-19/h1-16H,(H,31,34)/b29-16-. The third-order valence-electron chi connectivity index (χ3n) is 5.01. The van der Waals surface area contributed by atoms with E-state index >= 15 is 0 Å². The first-order valence-electron chi connectivity index (χ1n) is 10.7. The van der Waals surface area contributed by atoms with Gasteiger partial charge >= 0.3 is 0 Å². The summed E-state index contributed by atoms with van der Waals surface area (Å²) in [5.41, 5.74) is 4.58. The molecule has 0 saturated heterocycles. The number of hydrazone groups is 1. The number of hydrogen-bond acceptors (Lipinski definition) is 6. The first kappa shape index (κ1) is 23.9. The van der Waals surface area contributed by atoms with Gasteiger partial charge in [0.2, 0.25) is 5.16 Å². The molecule has 2 aromatic heterocycles. The minimum atomic E-state index is -0.460. The number of para-hydroxylation sites is 1. The number of carbonyl (C=O) groups excluding carboxylic acids is 1. The molecule has 5 rings (SSSR count). The Morgan fingerprint density at radius 1 is 0.944 bits per heavy atom. The Balaban J connectivity index is 1.34. The Labute approximate surface area is 220 Å². The van der Waals surface area contributed by atoms with Crippen LogP contribution in [0.1, 0.15) is 16.1 Å². The first-order valence-corrected chi connectivity index (χ1v) is 12.3. The minimum absolute atomic E-state index is 0.240. The summed E-state index contributed by atoms with van der Waals surface area (Å²) < 4.78 is 7.84. The number of amides is 1. The van der Waals surface area contributed by atoms with Gasteiger partial charge in [0, 0.05) is 16.3 Å². The van der Waals surface area contributed by atoms with Gasteiger partial charge < -0.3 is 4.42 Å². The lowest BCUT2D eigenvalue weighted by Gasteiger charge is -2.09.